The van der Waals surface area contributed by atoms with Gasteiger partial charge in [-0.25, -0.2) is 9.97 Å². The maximum atomic E-state index is 5.80. The number of nitrogens with one attached hydrogen (secondary N) is 1. The molecule has 0 aromatic carbocycles. The zero-order valence-electron chi connectivity index (χ0n) is 11.4. The fraction of sp³-hybridized carbons (Fsp3) is 0.714. The Kier molecular flexibility index (Phi) is 4.53. The van der Waals surface area contributed by atoms with Crippen LogP contribution in [0.4, 0.5) is 5.82 Å². The van der Waals surface area contributed by atoms with E-state index in [1.807, 2.05) is 0 Å². The first-order valence-electron chi connectivity index (χ1n) is 6.96. The Balaban J connectivity index is 1.91. The van der Waals surface area contributed by atoms with Crippen molar-refractivity contribution in [2.75, 3.05) is 18.4 Å². The summed E-state index contributed by atoms with van der Waals surface area (Å²) >= 11 is 0. The fourth-order valence-corrected chi connectivity index (χ4v) is 2.71. The minimum atomic E-state index is 0.442. The van der Waals surface area contributed by atoms with Gasteiger partial charge in [-0.05, 0) is 37.1 Å². The SMILES string of the molecule is CC(C)c1cc(NCC2CCCC2CN)ncn1. The van der Waals surface area contributed by atoms with Gasteiger partial charge >= 0.3 is 0 Å². The first-order chi connectivity index (χ1) is 8.70. The van der Waals surface area contributed by atoms with Crippen LogP contribution in [-0.2, 0) is 0 Å². The topological polar surface area (TPSA) is 63.8 Å². The van der Waals surface area contributed by atoms with E-state index in [0.717, 1.165) is 24.6 Å². The molecule has 0 aliphatic heterocycles. The zero-order chi connectivity index (χ0) is 13.0. The normalized spacial score (nSPS) is 23.6. The van der Waals surface area contributed by atoms with Gasteiger partial charge in [-0.15, -0.1) is 0 Å². The molecular weight excluding hydrogens is 224 g/mol. The minimum Gasteiger partial charge on any atom is -0.370 e. The summed E-state index contributed by atoms with van der Waals surface area (Å²) in [7, 11) is 0. The van der Waals surface area contributed by atoms with Crippen LogP contribution >= 0.6 is 0 Å². The number of hydrogen-bond donors (Lipinski definition) is 2. The van der Waals surface area contributed by atoms with E-state index in [2.05, 4.69) is 35.2 Å². The number of aromatic nitrogens is 2. The number of nitrogens with zero attached hydrogens (tertiary/aromatic N) is 2. The van der Waals surface area contributed by atoms with Crippen molar-refractivity contribution in [3.63, 3.8) is 0 Å². The quantitative estimate of drug-likeness (QED) is 0.839. The molecule has 0 spiro atoms. The summed E-state index contributed by atoms with van der Waals surface area (Å²) in [6.07, 6.45) is 5.53. The molecule has 1 aromatic rings. The van der Waals surface area contributed by atoms with Crippen LogP contribution in [0, 0.1) is 11.8 Å². The smallest absolute Gasteiger partial charge is 0.129 e. The van der Waals surface area contributed by atoms with Crippen molar-refractivity contribution in [2.24, 2.45) is 17.6 Å². The van der Waals surface area contributed by atoms with E-state index >= 15 is 0 Å². The molecule has 0 bridgehead atoms. The van der Waals surface area contributed by atoms with Gasteiger partial charge in [-0.2, -0.15) is 0 Å². The monoisotopic (exact) mass is 248 g/mol. The average molecular weight is 248 g/mol. The third kappa shape index (κ3) is 3.19. The van der Waals surface area contributed by atoms with Gasteiger partial charge in [0, 0.05) is 18.3 Å². The molecule has 1 saturated carbocycles. The summed E-state index contributed by atoms with van der Waals surface area (Å²) in [5, 5.41) is 3.44. The second-order valence-corrected chi connectivity index (χ2v) is 5.55. The van der Waals surface area contributed by atoms with Crippen LogP contribution in [0.5, 0.6) is 0 Å². The number of rotatable bonds is 5. The molecule has 0 radical (unpaired) electrons. The second kappa shape index (κ2) is 6.14. The highest BCUT2D eigenvalue weighted by Crippen LogP contribution is 2.30. The van der Waals surface area contributed by atoms with Crippen molar-refractivity contribution in [1.29, 1.82) is 0 Å². The highest BCUT2D eigenvalue weighted by atomic mass is 15.0. The van der Waals surface area contributed by atoms with E-state index in [9.17, 15) is 0 Å². The molecule has 18 heavy (non-hydrogen) atoms. The molecule has 2 unspecified atom stereocenters. The maximum absolute atomic E-state index is 5.80. The second-order valence-electron chi connectivity index (χ2n) is 5.55. The van der Waals surface area contributed by atoms with Crippen LogP contribution in [0.3, 0.4) is 0 Å². The van der Waals surface area contributed by atoms with E-state index in [1.165, 1.54) is 19.3 Å². The Hall–Kier alpha value is -1.16. The molecule has 0 amide bonds. The zero-order valence-corrected chi connectivity index (χ0v) is 11.4. The lowest BCUT2D eigenvalue weighted by molar-refractivity contribution is 0.414. The lowest BCUT2D eigenvalue weighted by Gasteiger charge is -2.18. The third-order valence-electron chi connectivity index (χ3n) is 3.94. The van der Waals surface area contributed by atoms with Gasteiger partial charge in [0.2, 0.25) is 0 Å². The molecule has 0 saturated heterocycles. The standard InChI is InChI=1S/C14H24N4/c1-10(2)13-6-14(18-9-17-13)16-8-12-5-3-4-11(12)7-15/h6,9-12H,3-5,7-8,15H2,1-2H3,(H,16,17,18). The fourth-order valence-electron chi connectivity index (χ4n) is 2.71. The molecule has 1 aromatic heterocycles. The molecular formula is C14H24N4. The molecule has 2 atom stereocenters. The summed E-state index contributed by atoms with van der Waals surface area (Å²) in [4.78, 5) is 8.56. The van der Waals surface area contributed by atoms with Crippen LogP contribution in [0.1, 0.15) is 44.7 Å². The largest absolute Gasteiger partial charge is 0.370 e. The number of hydrogen-bond acceptors (Lipinski definition) is 4. The molecule has 1 aliphatic carbocycles. The molecule has 1 heterocycles. The highest BCUT2D eigenvalue weighted by Gasteiger charge is 2.25. The summed E-state index contributed by atoms with van der Waals surface area (Å²) < 4.78 is 0. The molecule has 100 valence electrons. The molecule has 1 aliphatic rings. The first kappa shape index (κ1) is 13.3. The van der Waals surface area contributed by atoms with Crippen LogP contribution in [0.25, 0.3) is 0 Å². The predicted octanol–water partition coefficient (Wildman–Crippen LogP) is 2.39. The van der Waals surface area contributed by atoms with Crippen molar-refractivity contribution in [3.05, 3.63) is 18.1 Å². The Morgan fingerprint density at radius 3 is 2.83 bits per heavy atom. The molecule has 3 N–H and O–H groups in total. The van der Waals surface area contributed by atoms with Crippen LogP contribution < -0.4 is 11.1 Å². The summed E-state index contributed by atoms with van der Waals surface area (Å²) in [5.41, 5.74) is 6.90. The molecule has 4 heteroatoms. The third-order valence-corrected chi connectivity index (χ3v) is 3.94. The van der Waals surface area contributed by atoms with Gasteiger partial charge in [0.25, 0.3) is 0 Å². The summed E-state index contributed by atoms with van der Waals surface area (Å²) in [5.74, 6) is 2.77. The van der Waals surface area contributed by atoms with Crippen molar-refractivity contribution in [1.82, 2.24) is 9.97 Å². The Morgan fingerprint density at radius 1 is 1.33 bits per heavy atom. The van der Waals surface area contributed by atoms with Crippen LogP contribution in [0.2, 0.25) is 0 Å². The van der Waals surface area contributed by atoms with Crippen molar-refractivity contribution in [3.8, 4) is 0 Å². The lowest BCUT2D eigenvalue weighted by Crippen LogP contribution is -2.24. The highest BCUT2D eigenvalue weighted by molar-refractivity contribution is 5.35. The van der Waals surface area contributed by atoms with Gasteiger partial charge in [-0.1, -0.05) is 20.3 Å². The Labute approximate surface area is 109 Å². The van der Waals surface area contributed by atoms with E-state index < -0.39 is 0 Å². The molecule has 4 nitrogen and oxygen atoms in total. The van der Waals surface area contributed by atoms with Gasteiger partial charge in [0.15, 0.2) is 0 Å². The Morgan fingerprint density at radius 2 is 2.11 bits per heavy atom. The maximum Gasteiger partial charge on any atom is 0.129 e. The Bertz CT molecular complexity index is 378. The van der Waals surface area contributed by atoms with Gasteiger partial charge < -0.3 is 11.1 Å². The van der Waals surface area contributed by atoms with Gasteiger partial charge in [0.1, 0.15) is 12.1 Å². The number of anilines is 1. The van der Waals surface area contributed by atoms with Crippen LogP contribution in [-0.4, -0.2) is 23.1 Å². The van der Waals surface area contributed by atoms with E-state index in [0.29, 0.717) is 17.8 Å². The van der Waals surface area contributed by atoms with E-state index in [4.69, 9.17) is 5.73 Å². The van der Waals surface area contributed by atoms with E-state index in [1.54, 1.807) is 6.33 Å². The molecule has 2 rings (SSSR count). The van der Waals surface area contributed by atoms with Gasteiger partial charge in [-0.3, -0.25) is 0 Å². The molecule has 1 fully saturated rings. The van der Waals surface area contributed by atoms with E-state index in [-0.39, 0.29) is 0 Å². The lowest BCUT2D eigenvalue weighted by atomic mass is 9.96. The van der Waals surface area contributed by atoms with Gasteiger partial charge in [0.05, 0.1) is 0 Å². The number of nitrogens with two attached hydrogens (primary N) is 1. The summed E-state index contributed by atoms with van der Waals surface area (Å²) in [6.45, 7) is 6.09. The average Bonchev–Trinajstić information content (AvgIpc) is 2.84. The van der Waals surface area contributed by atoms with Crippen molar-refractivity contribution >= 4 is 5.82 Å². The first-order valence-corrected chi connectivity index (χ1v) is 6.96. The van der Waals surface area contributed by atoms with Crippen LogP contribution in [0.15, 0.2) is 12.4 Å². The predicted molar refractivity (Wildman–Crippen MR) is 74.5 cm³/mol. The van der Waals surface area contributed by atoms with Crippen molar-refractivity contribution in [2.45, 2.75) is 39.0 Å². The van der Waals surface area contributed by atoms with Crippen molar-refractivity contribution < 1.29 is 0 Å². The summed E-state index contributed by atoms with van der Waals surface area (Å²) in [6, 6.07) is 2.05. The minimum absolute atomic E-state index is 0.442.